The Balaban J connectivity index is 1.32. The van der Waals surface area contributed by atoms with Gasteiger partial charge in [0.25, 0.3) is 11.7 Å². The first-order valence-electron chi connectivity index (χ1n) is 10.6. The van der Waals surface area contributed by atoms with E-state index >= 15 is 0 Å². The topological polar surface area (TPSA) is 102 Å². The minimum absolute atomic E-state index is 0.186. The van der Waals surface area contributed by atoms with Crippen LogP contribution in [0.25, 0.3) is 22.7 Å². The van der Waals surface area contributed by atoms with Gasteiger partial charge in [-0.15, -0.1) is 0 Å². The summed E-state index contributed by atoms with van der Waals surface area (Å²) >= 11 is 0. The van der Waals surface area contributed by atoms with Crippen LogP contribution in [0.5, 0.6) is 0 Å². The molecule has 0 spiro atoms. The maximum atomic E-state index is 13.1. The summed E-state index contributed by atoms with van der Waals surface area (Å²) in [5.74, 6) is 1.11. The first-order valence-corrected chi connectivity index (χ1v) is 10.6. The number of carbonyl (C=O) groups excluding carboxylic acids is 1. The van der Waals surface area contributed by atoms with Crippen LogP contribution >= 0.6 is 0 Å². The second-order valence-corrected chi connectivity index (χ2v) is 7.47. The van der Waals surface area contributed by atoms with Crippen molar-refractivity contribution in [2.45, 2.75) is 6.92 Å². The van der Waals surface area contributed by atoms with Crippen LogP contribution in [0.4, 0.5) is 5.82 Å². The molecule has 33 heavy (non-hydrogen) atoms. The third kappa shape index (κ3) is 4.29. The van der Waals surface area contributed by atoms with E-state index in [9.17, 15) is 4.79 Å². The molecule has 9 nitrogen and oxygen atoms in total. The van der Waals surface area contributed by atoms with Gasteiger partial charge in [0.15, 0.2) is 0 Å². The van der Waals surface area contributed by atoms with Gasteiger partial charge in [-0.2, -0.15) is 19.7 Å². The van der Waals surface area contributed by atoms with Gasteiger partial charge in [-0.05, 0) is 19.1 Å². The quantitative estimate of drug-likeness (QED) is 0.379. The van der Waals surface area contributed by atoms with E-state index in [1.165, 1.54) is 6.33 Å². The lowest BCUT2D eigenvalue weighted by atomic mass is 10.1. The number of aromatic nitrogens is 6. The first-order chi connectivity index (χ1) is 16.2. The van der Waals surface area contributed by atoms with E-state index in [1.54, 1.807) is 15.4 Å². The molecule has 0 aliphatic rings. The van der Waals surface area contributed by atoms with Gasteiger partial charge in [-0.25, -0.2) is 9.67 Å². The second kappa shape index (κ2) is 8.91. The summed E-state index contributed by atoms with van der Waals surface area (Å²) in [5.41, 5.74) is 3.77. The summed E-state index contributed by atoms with van der Waals surface area (Å²) in [6.45, 7) is 2.83. The number of hydrogen-bond acceptors (Lipinski definition) is 6. The van der Waals surface area contributed by atoms with Crippen molar-refractivity contribution in [1.29, 1.82) is 0 Å². The van der Waals surface area contributed by atoms with Crippen molar-refractivity contribution in [2.24, 2.45) is 0 Å². The summed E-state index contributed by atoms with van der Waals surface area (Å²) in [5, 5.41) is 15.1. The standard InChI is InChI=1S/C24H22N8O/c1-17-14-21(32-24(29-17)27-16-28-32)25-12-13-26-23(33)20-15-31(19-10-6-3-7-11-19)30-22(20)18-8-4-2-5-9-18/h2-11,14-16,25H,12-13H2,1H3,(H,26,33). The summed E-state index contributed by atoms with van der Waals surface area (Å²) in [7, 11) is 0. The predicted octanol–water partition coefficient (Wildman–Crippen LogP) is 3.13. The maximum Gasteiger partial charge on any atom is 0.255 e. The highest BCUT2D eigenvalue weighted by Gasteiger charge is 2.18. The van der Waals surface area contributed by atoms with Crippen molar-refractivity contribution in [3.63, 3.8) is 0 Å². The van der Waals surface area contributed by atoms with Gasteiger partial charge in [-0.3, -0.25) is 4.79 Å². The molecule has 9 heteroatoms. The molecular formula is C24H22N8O. The molecule has 0 bridgehead atoms. The molecule has 0 saturated heterocycles. The number of hydrogen-bond donors (Lipinski definition) is 2. The number of nitrogens with zero attached hydrogens (tertiary/aromatic N) is 6. The molecule has 2 aromatic carbocycles. The lowest BCUT2D eigenvalue weighted by Gasteiger charge is -2.09. The Bertz CT molecular complexity index is 1390. The van der Waals surface area contributed by atoms with Crippen LogP contribution < -0.4 is 10.6 Å². The van der Waals surface area contributed by atoms with Gasteiger partial charge in [0.1, 0.15) is 17.8 Å². The number of carbonyl (C=O) groups is 1. The molecule has 3 aromatic heterocycles. The van der Waals surface area contributed by atoms with Crippen LogP contribution in [-0.2, 0) is 0 Å². The van der Waals surface area contributed by atoms with Gasteiger partial charge in [0, 0.05) is 36.6 Å². The first kappa shape index (κ1) is 20.4. The van der Waals surface area contributed by atoms with Crippen LogP contribution in [0.15, 0.2) is 79.3 Å². The fourth-order valence-corrected chi connectivity index (χ4v) is 3.58. The number of nitrogens with one attached hydrogen (secondary N) is 2. The normalized spacial score (nSPS) is 10.9. The van der Waals surface area contributed by atoms with E-state index in [-0.39, 0.29) is 5.91 Å². The van der Waals surface area contributed by atoms with Gasteiger partial charge >= 0.3 is 0 Å². The molecule has 0 saturated carbocycles. The number of fused-ring (bicyclic) bond motifs is 1. The highest BCUT2D eigenvalue weighted by Crippen LogP contribution is 2.23. The monoisotopic (exact) mass is 438 g/mol. The van der Waals surface area contributed by atoms with E-state index < -0.39 is 0 Å². The molecule has 0 unspecified atom stereocenters. The second-order valence-electron chi connectivity index (χ2n) is 7.47. The highest BCUT2D eigenvalue weighted by molar-refractivity contribution is 5.99. The molecule has 2 N–H and O–H groups in total. The summed E-state index contributed by atoms with van der Waals surface area (Å²) in [4.78, 5) is 21.5. The fourth-order valence-electron chi connectivity index (χ4n) is 3.58. The number of amides is 1. The molecule has 1 amide bonds. The Morgan fingerprint density at radius 1 is 1.00 bits per heavy atom. The lowest BCUT2D eigenvalue weighted by Crippen LogP contribution is -2.29. The van der Waals surface area contributed by atoms with E-state index in [0.29, 0.717) is 30.1 Å². The molecule has 0 fully saturated rings. The SMILES string of the molecule is Cc1cc(NCCNC(=O)c2cn(-c3ccccc3)nc2-c2ccccc2)n2ncnc2n1. The zero-order valence-electron chi connectivity index (χ0n) is 18.0. The van der Waals surface area contributed by atoms with Crippen molar-refractivity contribution < 1.29 is 4.79 Å². The third-order valence-electron chi connectivity index (χ3n) is 5.12. The average molecular weight is 438 g/mol. The lowest BCUT2D eigenvalue weighted by molar-refractivity contribution is 0.0956. The fraction of sp³-hybridized carbons (Fsp3) is 0.125. The average Bonchev–Trinajstić information content (AvgIpc) is 3.50. The van der Waals surface area contributed by atoms with Crippen LogP contribution in [-0.4, -0.2) is 48.4 Å². The molecule has 3 heterocycles. The Morgan fingerprint density at radius 2 is 1.76 bits per heavy atom. The van der Waals surface area contributed by atoms with E-state index in [2.05, 4.69) is 25.7 Å². The van der Waals surface area contributed by atoms with Crippen molar-refractivity contribution in [3.8, 4) is 16.9 Å². The maximum absolute atomic E-state index is 13.1. The van der Waals surface area contributed by atoms with Crippen LogP contribution in [0, 0.1) is 6.92 Å². The zero-order chi connectivity index (χ0) is 22.6. The molecule has 5 rings (SSSR count). The van der Waals surface area contributed by atoms with E-state index in [1.807, 2.05) is 73.7 Å². The number of benzene rings is 2. The minimum atomic E-state index is -0.186. The van der Waals surface area contributed by atoms with Gasteiger partial charge < -0.3 is 10.6 Å². The Hall–Kier alpha value is -4.53. The third-order valence-corrected chi connectivity index (χ3v) is 5.12. The molecule has 5 aromatic rings. The van der Waals surface area contributed by atoms with Crippen molar-refractivity contribution in [2.75, 3.05) is 18.4 Å². The number of aryl methyl sites for hydroxylation is 1. The Morgan fingerprint density at radius 3 is 2.55 bits per heavy atom. The molecular weight excluding hydrogens is 416 g/mol. The Labute approximate surface area is 190 Å². The minimum Gasteiger partial charge on any atom is -0.368 e. The summed E-state index contributed by atoms with van der Waals surface area (Å²) in [6, 6.07) is 21.3. The molecule has 0 radical (unpaired) electrons. The summed E-state index contributed by atoms with van der Waals surface area (Å²) in [6.07, 6.45) is 3.23. The van der Waals surface area contributed by atoms with Crippen LogP contribution in [0.2, 0.25) is 0 Å². The zero-order valence-corrected chi connectivity index (χ0v) is 18.0. The van der Waals surface area contributed by atoms with E-state index in [0.717, 1.165) is 22.8 Å². The highest BCUT2D eigenvalue weighted by atomic mass is 16.1. The van der Waals surface area contributed by atoms with Gasteiger partial charge in [0.2, 0.25) is 0 Å². The molecule has 0 aliphatic carbocycles. The number of rotatable bonds is 7. The van der Waals surface area contributed by atoms with E-state index in [4.69, 9.17) is 5.10 Å². The van der Waals surface area contributed by atoms with Crippen LogP contribution in [0.1, 0.15) is 16.1 Å². The molecule has 0 aliphatic heterocycles. The van der Waals surface area contributed by atoms with Crippen molar-refractivity contribution in [1.82, 2.24) is 34.7 Å². The molecule has 164 valence electrons. The van der Waals surface area contributed by atoms with Gasteiger partial charge in [-0.1, -0.05) is 48.5 Å². The molecule has 0 atom stereocenters. The largest absolute Gasteiger partial charge is 0.368 e. The Kier molecular flexibility index (Phi) is 5.50. The smallest absolute Gasteiger partial charge is 0.255 e. The van der Waals surface area contributed by atoms with Crippen molar-refractivity contribution in [3.05, 3.63) is 90.5 Å². The van der Waals surface area contributed by atoms with Crippen molar-refractivity contribution >= 4 is 17.5 Å². The van der Waals surface area contributed by atoms with Crippen LogP contribution in [0.3, 0.4) is 0 Å². The van der Waals surface area contributed by atoms with Gasteiger partial charge in [0.05, 0.1) is 11.3 Å². The number of anilines is 1. The number of para-hydroxylation sites is 1. The predicted molar refractivity (Wildman–Crippen MR) is 125 cm³/mol. The summed E-state index contributed by atoms with van der Waals surface area (Å²) < 4.78 is 3.36.